The van der Waals surface area contributed by atoms with Crippen LogP contribution in [0.1, 0.15) is 18.5 Å². The van der Waals surface area contributed by atoms with E-state index in [9.17, 15) is 4.79 Å². The normalized spacial score (nSPS) is 16.5. The lowest BCUT2D eigenvalue weighted by Crippen LogP contribution is -2.45. The van der Waals surface area contributed by atoms with Crippen molar-refractivity contribution in [2.24, 2.45) is 0 Å². The predicted octanol–water partition coefficient (Wildman–Crippen LogP) is 1.57. The molecule has 1 heterocycles. The number of rotatable bonds is 7. The van der Waals surface area contributed by atoms with E-state index in [1.165, 1.54) is 0 Å². The Kier molecular flexibility index (Phi) is 6.74. The molecule has 1 aliphatic heterocycles. The van der Waals surface area contributed by atoms with Gasteiger partial charge in [0, 0.05) is 12.8 Å². The van der Waals surface area contributed by atoms with Crippen molar-refractivity contribution in [1.29, 1.82) is 5.26 Å². The highest BCUT2D eigenvalue weighted by molar-refractivity contribution is 7.80. The Labute approximate surface area is 151 Å². The standard InChI is InChI=1S/C17H19N3O4S/c1-11-14(16(21)24-10-9-22-2)15(20-17(25)19-11)12-3-5-13(6-4-12)23-8-7-18/h3-6,15H,8-10H2,1-2H3,(H2,19,20,25)/t15-/m1/s1. The first-order valence-electron chi connectivity index (χ1n) is 7.61. The lowest BCUT2D eigenvalue weighted by atomic mass is 9.95. The maximum absolute atomic E-state index is 12.5. The van der Waals surface area contributed by atoms with Crippen LogP contribution in [0.4, 0.5) is 0 Å². The van der Waals surface area contributed by atoms with Gasteiger partial charge in [0.05, 0.1) is 18.2 Å². The summed E-state index contributed by atoms with van der Waals surface area (Å²) >= 11 is 5.20. The third kappa shape index (κ3) is 4.92. The molecule has 2 N–H and O–H groups in total. The van der Waals surface area contributed by atoms with Crippen molar-refractivity contribution >= 4 is 23.3 Å². The van der Waals surface area contributed by atoms with E-state index < -0.39 is 12.0 Å². The molecule has 2 rings (SSSR count). The second-order valence-corrected chi connectivity index (χ2v) is 5.62. The summed E-state index contributed by atoms with van der Waals surface area (Å²) in [5.74, 6) is 0.138. The van der Waals surface area contributed by atoms with Crippen molar-refractivity contribution in [1.82, 2.24) is 10.6 Å². The molecule has 0 unspecified atom stereocenters. The van der Waals surface area contributed by atoms with Crippen LogP contribution in [0, 0.1) is 11.3 Å². The summed E-state index contributed by atoms with van der Waals surface area (Å²) in [6.07, 6.45) is 0. The first-order valence-corrected chi connectivity index (χ1v) is 8.01. The van der Waals surface area contributed by atoms with Gasteiger partial charge in [-0.3, -0.25) is 0 Å². The molecule has 1 atom stereocenters. The van der Waals surface area contributed by atoms with E-state index >= 15 is 0 Å². The number of nitriles is 1. The van der Waals surface area contributed by atoms with E-state index in [1.807, 2.05) is 18.2 Å². The van der Waals surface area contributed by atoms with Crippen molar-refractivity contribution < 1.29 is 19.0 Å². The second kappa shape index (κ2) is 9.01. The molecule has 25 heavy (non-hydrogen) atoms. The molecule has 1 aliphatic rings. The van der Waals surface area contributed by atoms with Crippen LogP contribution in [-0.2, 0) is 14.3 Å². The van der Waals surface area contributed by atoms with Crippen LogP contribution in [0.15, 0.2) is 35.5 Å². The van der Waals surface area contributed by atoms with Crippen LogP contribution in [0.2, 0.25) is 0 Å². The van der Waals surface area contributed by atoms with E-state index in [0.717, 1.165) is 5.56 Å². The number of carbonyl (C=O) groups is 1. The molecule has 0 fully saturated rings. The number of benzene rings is 1. The summed E-state index contributed by atoms with van der Waals surface area (Å²) in [5, 5.41) is 15.0. The maximum atomic E-state index is 12.5. The van der Waals surface area contributed by atoms with Gasteiger partial charge in [0.2, 0.25) is 0 Å². The first kappa shape index (κ1) is 18.7. The molecule has 7 nitrogen and oxygen atoms in total. The Morgan fingerprint density at radius 1 is 1.32 bits per heavy atom. The van der Waals surface area contributed by atoms with Crippen LogP contribution in [-0.4, -0.2) is 38.0 Å². The number of thiocarbonyl (C=S) groups is 1. The fraction of sp³-hybridized carbons (Fsp3) is 0.353. The highest BCUT2D eigenvalue weighted by Gasteiger charge is 2.30. The summed E-state index contributed by atoms with van der Waals surface area (Å²) in [7, 11) is 1.54. The quantitative estimate of drug-likeness (QED) is 0.430. The van der Waals surface area contributed by atoms with Crippen LogP contribution >= 0.6 is 12.2 Å². The Hall–Kier alpha value is -2.63. The molecule has 1 aromatic rings. The van der Waals surface area contributed by atoms with E-state index in [0.29, 0.717) is 28.7 Å². The van der Waals surface area contributed by atoms with Gasteiger partial charge in [0.15, 0.2) is 11.7 Å². The Balaban J connectivity index is 2.23. The number of methoxy groups -OCH3 is 1. The summed E-state index contributed by atoms with van der Waals surface area (Å²) in [5.41, 5.74) is 1.92. The molecular formula is C17H19N3O4S. The van der Waals surface area contributed by atoms with Gasteiger partial charge < -0.3 is 24.8 Å². The van der Waals surface area contributed by atoms with Crippen molar-refractivity contribution in [2.75, 3.05) is 26.9 Å². The minimum atomic E-state index is -0.438. The molecule has 0 aliphatic carbocycles. The number of hydrogen-bond donors (Lipinski definition) is 2. The highest BCUT2D eigenvalue weighted by atomic mass is 32.1. The molecule has 0 saturated heterocycles. The number of nitrogens with zero attached hydrogens (tertiary/aromatic N) is 1. The Morgan fingerprint density at radius 2 is 2.04 bits per heavy atom. The molecular weight excluding hydrogens is 342 g/mol. The molecule has 132 valence electrons. The van der Waals surface area contributed by atoms with E-state index in [1.54, 1.807) is 26.2 Å². The van der Waals surface area contributed by atoms with Crippen molar-refractivity contribution in [2.45, 2.75) is 13.0 Å². The van der Waals surface area contributed by atoms with Crippen LogP contribution in [0.5, 0.6) is 5.75 Å². The van der Waals surface area contributed by atoms with Crippen LogP contribution in [0.25, 0.3) is 0 Å². The second-order valence-electron chi connectivity index (χ2n) is 5.21. The van der Waals surface area contributed by atoms with E-state index in [-0.39, 0.29) is 13.2 Å². The zero-order chi connectivity index (χ0) is 18.2. The zero-order valence-corrected chi connectivity index (χ0v) is 14.8. The van der Waals surface area contributed by atoms with Gasteiger partial charge in [-0.05, 0) is 36.8 Å². The van der Waals surface area contributed by atoms with Crippen LogP contribution in [0.3, 0.4) is 0 Å². The zero-order valence-electron chi connectivity index (χ0n) is 14.0. The summed E-state index contributed by atoms with van der Waals surface area (Å²) in [6, 6.07) is 8.58. The lowest BCUT2D eigenvalue weighted by Gasteiger charge is -2.30. The number of nitrogens with one attached hydrogen (secondary N) is 2. The molecule has 0 aromatic heterocycles. The van der Waals surface area contributed by atoms with E-state index in [4.69, 9.17) is 31.7 Å². The van der Waals surface area contributed by atoms with Gasteiger partial charge in [0.1, 0.15) is 18.4 Å². The molecule has 0 radical (unpaired) electrons. The topological polar surface area (TPSA) is 92.6 Å². The Bertz CT molecular complexity index is 710. The third-order valence-electron chi connectivity index (χ3n) is 3.53. The first-order chi connectivity index (χ1) is 12.1. The predicted molar refractivity (Wildman–Crippen MR) is 94.7 cm³/mol. The molecule has 0 amide bonds. The summed E-state index contributed by atoms with van der Waals surface area (Å²) in [6.45, 7) is 2.25. The summed E-state index contributed by atoms with van der Waals surface area (Å²) < 4.78 is 15.4. The SMILES string of the molecule is COCCOC(=O)C1=C(C)NC(=S)N[C@@H]1c1ccc(OCC#N)cc1. The number of esters is 1. The van der Waals surface area contributed by atoms with Gasteiger partial charge in [-0.1, -0.05) is 12.1 Å². The van der Waals surface area contributed by atoms with Crippen molar-refractivity contribution in [3.05, 3.63) is 41.1 Å². The van der Waals surface area contributed by atoms with Gasteiger partial charge >= 0.3 is 5.97 Å². The smallest absolute Gasteiger partial charge is 0.338 e. The van der Waals surface area contributed by atoms with Gasteiger partial charge in [-0.2, -0.15) is 5.26 Å². The number of allylic oxidation sites excluding steroid dienone is 1. The third-order valence-corrected chi connectivity index (χ3v) is 3.75. The molecule has 0 saturated carbocycles. The number of carbonyl (C=O) groups excluding carboxylic acids is 1. The number of ether oxygens (including phenoxy) is 3. The van der Waals surface area contributed by atoms with Crippen LogP contribution < -0.4 is 15.4 Å². The summed E-state index contributed by atoms with van der Waals surface area (Å²) in [4.78, 5) is 12.5. The fourth-order valence-corrected chi connectivity index (χ4v) is 2.65. The van der Waals surface area contributed by atoms with E-state index in [2.05, 4.69) is 10.6 Å². The Morgan fingerprint density at radius 3 is 2.68 bits per heavy atom. The van der Waals surface area contributed by atoms with Gasteiger partial charge in [-0.25, -0.2) is 4.79 Å². The largest absolute Gasteiger partial charge is 0.479 e. The minimum Gasteiger partial charge on any atom is -0.479 e. The average Bonchev–Trinajstić information content (AvgIpc) is 2.59. The van der Waals surface area contributed by atoms with Crippen molar-refractivity contribution in [3.63, 3.8) is 0 Å². The fourth-order valence-electron chi connectivity index (χ4n) is 2.38. The van der Waals surface area contributed by atoms with Gasteiger partial charge in [0.25, 0.3) is 0 Å². The minimum absolute atomic E-state index is 0.0227. The van der Waals surface area contributed by atoms with Crippen molar-refractivity contribution in [3.8, 4) is 11.8 Å². The highest BCUT2D eigenvalue weighted by Crippen LogP contribution is 2.28. The molecule has 0 bridgehead atoms. The molecule has 8 heteroatoms. The molecule has 1 aromatic carbocycles. The average molecular weight is 361 g/mol. The number of hydrogen-bond acceptors (Lipinski definition) is 6. The maximum Gasteiger partial charge on any atom is 0.338 e. The molecule has 0 spiro atoms. The van der Waals surface area contributed by atoms with Gasteiger partial charge in [-0.15, -0.1) is 0 Å². The lowest BCUT2D eigenvalue weighted by molar-refractivity contribution is -0.140. The monoisotopic (exact) mass is 361 g/mol.